The molecule has 0 aliphatic carbocycles. The van der Waals surface area contributed by atoms with E-state index in [1.165, 1.54) is 18.3 Å². The third kappa shape index (κ3) is 3.89. The minimum absolute atomic E-state index is 0.0121. The van der Waals surface area contributed by atoms with Gasteiger partial charge >= 0.3 is 11.7 Å². The summed E-state index contributed by atoms with van der Waals surface area (Å²) in [5.41, 5.74) is -0.563. The molecule has 8 nitrogen and oxygen atoms in total. The number of aromatic carboxylic acids is 1. The van der Waals surface area contributed by atoms with E-state index in [0.717, 1.165) is 11.8 Å². The van der Waals surface area contributed by atoms with Crippen LogP contribution < -0.4 is 11.0 Å². The average Bonchev–Trinajstić information content (AvgIpc) is 2.87. The Morgan fingerprint density at radius 1 is 1.52 bits per heavy atom. The molecule has 0 aliphatic rings. The molecule has 0 radical (unpaired) electrons. The van der Waals surface area contributed by atoms with Gasteiger partial charge in [0.25, 0.3) is 0 Å². The second-order valence-corrected chi connectivity index (χ2v) is 5.68. The van der Waals surface area contributed by atoms with Crippen molar-refractivity contribution in [2.75, 3.05) is 11.1 Å². The molecule has 0 fully saturated rings. The van der Waals surface area contributed by atoms with E-state index in [1.807, 2.05) is 0 Å². The lowest BCUT2D eigenvalue weighted by molar-refractivity contribution is -0.113. The Bertz CT molecular complexity index is 726. The number of amides is 1. The molecule has 2 aromatic heterocycles. The standard InChI is InChI=1S/C11H10N4O4S2/c1-5-7(9(17)18)8(15-10(19)13-5)21-4-6(16)14-11-12-2-3-20-11/h2-3H,4H2,1H3,(H,17,18)(H,12,14,16)(H,13,15,19). The number of carbonyl (C=O) groups is 2. The number of carboxylic acids is 1. The first-order valence-corrected chi connectivity index (χ1v) is 7.50. The zero-order valence-corrected chi connectivity index (χ0v) is 12.4. The molecule has 2 rings (SSSR count). The molecule has 110 valence electrons. The van der Waals surface area contributed by atoms with Gasteiger partial charge in [0.1, 0.15) is 10.6 Å². The van der Waals surface area contributed by atoms with Crippen LogP contribution in [0.15, 0.2) is 21.4 Å². The number of rotatable bonds is 5. The van der Waals surface area contributed by atoms with Crippen molar-refractivity contribution in [3.8, 4) is 0 Å². The topological polar surface area (TPSA) is 125 Å². The number of H-pyrrole nitrogens is 1. The van der Waals surface area contributed by atoms with Gasteiger partial charge < -0.3 is 15.4 Å². The number of thiazole rings is 1. The van der Waals surface area contributed by atoms with E-state index >= 15 is 0 Å². The Hall–Kier alpha value is -2.20. The second-order valence-electron chi connectivity index (χ2n) is 3.83. The Morgan fingerprint density at radius 2 is 2.29 bits per heavy atom. The van der Waals surface area contributed by atoms with E-state index < -0.39 is 11.7 Å². The number of hydrogen-bond acceptors (Lipinski definition) is 7. The minimum Gasteiger partial charge on any atom is -0.478 e. The smallest absolute Gasteiger partial charge is 0.346 e. The first kappa shape index (κ1) is 15.2. The summed E-state index contributed by atoms with van der Waals surface area (Å²) in [6.07, 6.45) is 1.55. The third-order valence-electron chi connectivity index (χ3n) is 2.32. The van der Waals surface area contributed by atoms with Gasteiger partial charge in [0.05, 0.1) is 5.75 Å². The average molecular weight is 326 g/mol. The maximum Gasteiger partial charge on any atom is 0.346 e. The van der Waals surface area contributed by atoms with Crippen molar-refractivity contribution in [1.29, 1.82) is 0 Å². The molecule has 2 heterocycles. The van der Waals surface area contributed by atoms with E-state index in [4.69, 9.17) is 5.11 Å². The zero-order valence-electron chi connectivity index (χ0n) is 10.7. The number of nitrogens with one attached hydrogen (secondary N) is 2. The summed E-state index contributed by atoms with van der Waals surface area (Å²) < 4.78 is 0. The highest BCUT2D eigenvalue weighted by Gasteiger charge is 2.18. The number of anilines is 1. The molecule has 3 N–H and O–H groups in total. The van der Waals surface area contributed by atoms with Crippen molar-refractivity contribution in [3.05, 3.63) is 33.3 Å². The molecule has 2 aromatic rings. The lowest BCUT2D eigenvalue weighted by Crippen LogP contribution is -2.19. The fourth-order valence-corrected chi connectivity index (χ4v) is 2.91. The Kier molecular flexibility index (Phi) is 4.70. The predicted molar refractivity (Wildman–Crippen MR) is 78.0 cm³/mol. The maximum atomic E-state index is 11.7. The van der Waals surface area contributed by atoms with E-state index in [-0.39, 0.29) is 27.9 Å². The largest absolute Gasteiger partial charge is 0.478 e. The van der Waals surface area contributed by atoms with Gasteiger partial charge in [0, 0.05) is 17.3 Å². The first-order chi connectivity index (χ1) is 9.97. The Morgan fingerprint density at radius 3 is 2.90 bits per heavy atom. The highest BCUT2D eigenvalue weighted by Crippen LogP contribution is 2.21. The van der Waals surface area contributed by atoms with Crippen LogP contribution in [0.25, 0.3) is 0 Å². The SMILES string of the molecule is Cc1[nH]c(=O)nc(SCC(=O)Nc2nccs2)c1C(=O)O. The predicted octanol–water partition coefficient (Wildman–Crippen LogP) is 0.964. The van der Waals surface area contributed by atoms with Crippen LogP contribution in [0.4, 0.5) is 5.13 Å². The molecule has 0 atom stereocenters. The van der Waals surface area contributed by atoms with Crippen molar-refractivity contribution in [1.82, 2.24) is 15.0 Å². The van der Waals surface area contributed by atoms with Gasteiger partial charge in [0.2, 0.25) is 5.91 Å². The quantitative estimate of drug-likeness (QED) is 0.552. The molecular weight excluding hydrogens is 316 g/mol. The van der Waals surface area contributed by atoms with Crippen LogP contribution in [-0.2, 0) is 4.79 Å². The number of aromatic nitrogens is 3. The van der Waals surface area contributed by atoms with Gasteiger partial charge in [0.15, 0.2) is 5.13 Å². The van der Waals surface area contributed by atoms with Crippen LogP contribution in [0.5, 0.6) is 0 Å². The molecule has 0 saturated heterocycles. The third-order valence-corrected chi connectivity index (χ3v) is 3.98. The van der Waals surface area contributed by atoms with Gasteiger partial charge in [-0.05, 0) is 6.92 Å². The van der Waals surface area contributed by atoms with Crippen molar-refractivity contribution >= 4 is 40.1 Å². The number of carbonyl (C=O) groups excluding carboxylic acids is 1. The summed E-state index contributed by atoms with van der Waals surface area (Å²) in [6.45, 7) is 1.46. The number of thioether (sulfide) groups is 1. The Labute approximate surface area is 126 Å². The lowest BCUT2D eigenvalue weighted by Gasteiger charge is -2.06. The van der Waals surface area contributed by atoms with Crippen LogP contribution in [0.1, 0.15) is 16.1 Å². The second kappa shape index (κ2) is 6.50. The fourth-order valence-electron chi connectivity index (χ4n) is 1.49. The highest BCUT2D eigenvalue weighted by molar-refractivity contribution is 8.00. The molecule has 0 aliphatic heterocycles. The normalized spacial score (nSPS) is 10.3. The van der Waals surface area contributed by atoms with Crippen molar-refractivity contribution in [3.63, 3.8) is 0 Å². The van der Waals surface area contributed by atoms with Crippen molar-refractivity contribution in [2.45, 2.75) is 11.9 Å². The van der Waals surface area contributed by atoms with E-state index in [1.54, 1.807) is 11.6 Å². The van der Waals surface area contributed by atoms with Crippen LogP contribution in [0.2, 0.25) is 0 Å². The lowest BCUT2D eigenvalue weighted by atomic mass is 10.2. The number of nitrogens with zero attached hydrogens (tertiary/aromatic N) is 2. The first-order valence-electron chi connectivity index (χ1n) is 5.63. The fraction of sp³-hybridized carbons (Fsp3) is 0.182. The summed E-state index contributed by atoms with van der Waals surface area (Å²) in [7, 11) is 0. The van der Waals surface area contributed by atoms with Crippen molar-refractivity contribution < 1.29 is 14.7 Å². The number of hydrogen-bond donors (Lipinski definition) is 3. The summed E-state index contributed by atoms with van der Waals surface area (Å²) in [4.78, 5) is 44.0. The summed E-state index contributed by atoms with van der Waals surface area (Å²) in [6, 6.07) is 0. The summed E-state index contributed by atoms with van der Waals surface area (Å²) in [5, 5.41) is 13.9. The minimum atomic E-state index is -1.21. The zero-order chi connectivity index (χ0) is 15.4. The highest BCUT2D eigenvalue weighted by atomic mass is 32.2. The van der Waals surface area contributed by atoms with E-state index in [0.29, 0.717) is 5.13 Å². The molecule has 0 aromatic carbocycles. The van der Waals surface area contributed by atoms with Gasteiger partial charge in [-0.25, -0.2) is 14.6 Å². The molecule has 21 heavy (non-hydrogen) atoms. The monoisotopic (exact) mass is 326 g/mol. The maximum absolute atomic E-state index is 11.7. The van der Waals surface area contributed by atoms with Crippen LogP contribution in [0, 0.1) is 6.92 Å². The van der Waals surface area contributed by atoms with Crippen LogP contribution >= 0.6 is 23.1 Å². The molecular formula is C11H10N4O4S2. The molecule has 0 bridgehead atoms. The molecule has 0 saturated carbocycles. The van der Waals surface area contributed by atoms with Gasteiger partial charge in [-0.1, -0.05) is 11.8 Å². The van der Waals surface area contributed by atoms with Gasteiger partial charge in [-0.3, -0.25) is 4.79 Å². The van der Waals surface area contributed by atoms with E-state index in [9.17, 15) is 14.4 Å². The molecule has 10 heteroatoms. The van der Waals surface area contributed by atoms with Crippen LogP contribution in [0.3, 0.4) is 0 Å². The van der Waals surface area contributed by atoms with E-state index in [2.05, 4.69) is 20.3 Å². The molecule has 0 spiro atoms. The van der Waals surface area contributed by atoms with Crippen LogP contribution in [-0.4, -0.2) is 37.7 Å². The van der Waals surface area contributed by atoms with Gasteiger partial charge in [-0.15, -0.1) is 11.3 Å². The molecule has 0 unspecified atom stereocenters. The number of carboxylic acid groups (broad SMARTS) is 1. The molecule has 1 amide bonds. The number of aromatic amines is 1. The van der Waals surface area contributed by atoms with Crippen molar-refractivity contribution in [2.24, 2.45) is 0 Å². The Balaban J connectivity index is 2.11. The summed E-state index contributed by atoms with van der Waals surface area (Å²) >= 11 is 2.16. The number of aryl methyl sites for hydroxylation is 1. The summed E-state index contributed by atoms with van der Waals surface area (Å²) in [5.74, 6) is -1.64. The van der Waals surface area contributed by atoms with Gasteiger partial charge in [-0.2, -0.15) is 4.98 Å².